The zero-order chi connectivity index (χ0) is 21.7. The quantitative estimate of drug-likeness (QED) is 0.773. The molecule has 1 saturated heterocycles. The van der Waals surface area contributed by atoms with E-state index in [0.29, 0.717) is 43.9 Å². The molecule has 0 spiro atoms. The average Bonchev–Trinajstić information content (AvgIpc) is 2.72. The van der Waals surface area contributed by atoms with Crippen LogP contribution in [0.1, 0.15) is 47.4 Å². The molecule has 1 heterocycles. The van der Waals surface area contributed by atoms with Crippen LogP contribution in [0.5, 0.6) is 5.75 Å². The maximum atomic E-state index is 13.8. The molecule has 160 valence electrons. The van der Waals surface area contributed by atoms with Gasteiger partial charge in [-0.25, -0.2) is 8.78 Å². The van der Waals surface area contributed by atoms with E-state index in [9.17, 15) is 18.4 Å². The number of amides is 2. The largest absolute Gasteiger partial charge is 0.493 e. The first kappa shape index (κ1) is 21.7. The van der Waals surface area contributed by atoms with E-state index in [2.05, 4.69) is 5.32 Å². The number of rotatable bonds is 6. The highest BCUT2D eigenvalue weighted by Crippen LogP contribution is 2.23. The van der Waals surface area contributed by atoms with Gasteiger partial charge < -0.3 is 15.0 Å². The van der Waals surface area contributed by atoms with Crippen molar-refractivity contribution in [1.82, 2.24) is 10.2 Å². The van der Waals surface area contributed by atoms with Crippen LogP contribution in [-0.4, -0.2) is 42.5 Å². The van der Waals surface area contributed by atoms with Crippen LogP contribution in [0.3, 0.4) is 0 Å². The third-order valence-electron chi connectivity index (χ3n) is 5.10. The molecular formula is C23H26F2N2O3. The lowest BCUT2D eigenvalue weighted by Gasteiger charge is -2.32. The summed E-state index contributed by atoms with van der Waals surface area (Å²) in [5.41, 5.74) is 0.0806. The van der Waals surface area contributed by atoms with Crippen molar-refractivity contribution >= 4 is 11.8 Å². The highest BCUT2D eigenvalue weighted by atomic mass is 19.1. The van der Waals surface area contributed by atoms with Crippen LogP contribution in [-0.2, 0) is 0 Å². The molecule has 1 aliphatic heterocycles. The monoisotopic (exact) mass is 416 g/mol. The Labute approximate surface area is 175 Å². The summed E-state index contributed by atoms with van der Waals surface area (Å²) >= 11 is 0. The highest BCUT2D eigenvalue weighted by Gasteiger charge is 2.27. The van der Waals surface area contributed by atoms with Gasteiger partial charge in [0.2, 0.25) is 0 Å². The maximum Gasteiger partial charge on any atom is 0.259 e. The van der Waals surface area contributed by atoms with Crippen LogP contribution < -0.4 is 10.1 Å². The van der Waals surface area contributed by atoms with Crippen LogP contribution in [0.15, 0.2) is 42.5 Å². The van der Waals surface area contributed by atoms with Gasteiger partial charge in [0.1, 0.15) is 22.9 Å². The Balaban J connectivity index is 1.48. The first-order chi connectivity index (χ1) is 14.3. The van der Waals surface area contributed by atoms with Crippen molar-refractivity contribution in [3.05, 3.63) is 65.2 Å². The number of hydrogen-bond acceptors (Lipinski definition) is 3. The minimum atomic E-state index is -0.837. The molecule has 0 aliphatic carbocycles. The number of nitrogens with one attached hydrogen (secondary N) is 1. The van der Waals surface area contributed by atoms with Gasteiger partial charge in [-0.2, -0.15) is 0 Å². The normalized spacial score (nSPS) is 14.6. The minimum Gasteiger partial charge on any atom is -0.493 e. The van der Waals surface area contributed by atoms with Crippen molar-refractivity contribution in [3.8, 4) is 5.75 Å². The second kappa shape index (κ2) is 9.69. The number of likely N-dealkylation sites (tertiary alicyclic amines) is 1. The van der Waals surface area contributed by atoms with Crippen molar-refractivity contribution in [3.63, 3.8) is 0 Å². The molecule has 2 amide bonds. The van der Waals surface area contributed by atoms with Crippen LogP contribution >= 0.6 is 0 Å². The second-order valence-electron chi connectivity index (χ2n) is 7.80. The average molecular weight is 416 g/mol. The number of piperidine rings is 1. The van der Waals surface area contributed by atoms with E-state index in [1.807, 2.05) is 13.8 Å². The molecule has 3 rings (SSSR count). The number of benzene rings is 2. The molecule has 0 saturated carbocycles. The van der Waals surface area contributed by atoms with Gasteiger partial charge in [0.05, 0.1) is 6.61 Å². The number of halogens is 2. The predicted octanol–water partition coefficient (Wildman–Crippen LogP) is 4.03. The molecule has 0 bridgehead atoms. The van der Waals surface area contributed by atoms with E-state index >= 15 is 0 Å². The summed E-state index contributed by atoms with van der Waals surface area (Å²) < 4.78 is 33.5. The van der Waals surface area contributed by atoms with Crippen LogP contribution in [0.2, 0.25) is 0 Å². The minimum absolute atomic E-state index is 0.0704. The molecule has 5 nitrogen and oxygen atoms in total. The molecule has 1 N–H and O–H groups in total. The van der Waals surface area contributed by atoms with E-state index in [1.54, 1.807) is 24.3 Å². The van der Waals surface area contributed by atoms with Crippen molar-refractivity contribution < 1.29 is 23.1 Å². The lowest BCUT2D eigenvalue weighted by Crippen LogP contribution is -2.40. The van der Waals surface area contributed by atoms with Gasteiger partial charge in [0.25, 0.3) is 11.8 Å². The first-order valence-electron chi connectivity index (χ1n) is 10.1. The highest BCUT2D eigenvalue weighted by molar-refractivity contribution is 5.95. The van der Waals surface area contributed by atoms with Gasteiger partial charge in [-0.1, -0.05) is 6.07 Å². The Hall–Kier alpha value is -2.96. The topological polar surface area (TPSA) is 58.6 Å². The van der Waals surface area contributed by atoms with E-state index in [0.717, 1.165) is 12.1 Å². The van der Waals surface area contributed by atoms with E-state index in [-0.39, 0.29) is 17.9 Å². The smallest absolute Gasteiger partial charge is 0.259 e. The summed E-state index contributed by atoms with van der Waals surface area (Å²) in [6.07, 6.45) is 1.38. The lowest BCUT2D eigenvalue weighted by atomic mass is 9.97. The Morgan fingerprint density at radius 2 is 1.67 bits per heavy atom. The molecule has 2 aromatic rings. The summed E-state index contributed by atoms with van der Waals surface area (Å²) in [7, 11) is 0. The maximum absolute atomic E-state index is 13.8. The molecule has 1 fully saturated rings. The van der Waals surface area contributed by atoms with Crippen molar-refractivity contribution in [1.29, 1.82) is 0 Å². The van der Waals surface area contributed by atoms with Crippen molar-refractivity contribution in [2.75, 3.05) is 19.7 Å². The molecule has 7 heteroatoms. The van der Waals surface area contributed by atoms with Gasteiger partial charge in [-0.15, -0.1) is 0 Å². The standard InChI is InChI=1S/C23H26F2N2O3/c1-15(2)26-22(28)17-6-8-18(9-7-17)30-14-16-10-12-27(13-11-16)23(29)21-19(24)4-3-5-20(21)25/h3-9,15-16H,10-14H2,1-2H3,(H,26,28). The molecule has 0 unspecified atom stereocenters. The van der Waals surface area contributed by atoms with Crippen LogP contribution in [0, 0.1) is 17.6 Å². The summed E-state index contributed by atoms with van der Waals surface area (Å²) in [5.74, 6) is -1.50. The lowest BCUT2D eigenvalue weighted by molar-refractivity contribution is 0.0651. The zero-order valence-corrected chi connectivity index (χ0v) is 17.2. The number of carbonyl (C=O) groups is 2. The van der Waals surface area contributed by atoms with Gasteiger partial charge >= 0.3 is 0 Å². The van der Waals surface area contributed by atoms with Crippen LogP contribution in [0.25, 0.3) is 0 Å². The third kappa shape index (κ3) is 5.34. The van der Waals surface area contributed by atoms with Crippen LogP contribution in [0.4, 0.5) is 8.78 Å². The Bertz CT molecular complexity index is 872. The molecule has 0 aromatic heterocycles. The van der Waals surface area contributed by atoms with Gasteiger partial charge in [-0.3, -0.25) is 9.59 Å². The van der Waals surface area contributed by atoms with E-state index in [1.165, 1.54) is 11.0 Å². The Morgan fingerprint density at radius 3 is 2.23 bits per heavy atom. The van der Waals surface area contributed by atoms with Crippen molar-refractivity contribution in [2.24, 2.45) is 5.92 Å². The fourth-order valence-corrected chi connectivity index (χ4v) is 3.43. The third-order valence-corrected chi connectivity index (χ3v) is 5.10. The number of nitrogens with zero attached hydrogens (tertiary/aromatic N) is 1. The molecule has 1 aliphatic rings. The summed E-state index contributed by atoms with van der Waals surface area (Å²) in [6.45, 7) is 5.14. The number of ether oxygens (including phenoxy) is 1. The SMILES string of the molecule is CC(C)NC(=O)c1ccc(OCC2CCN(C(=O)c3c(F)cccc3F)CC2)cc1. The Kier molecular flexibility index (Phi) is 7.03. The van der Waals surface area contributed by atoms with E-state index in [4.69, 9.17) is 4.74 Å². The number of carbonyl (C=O) groups excluding carboxylic acids is 2. The summed E-state index contributed by atoms with van der Waals surface area (Å²) in [6, 6.07) is 10.5. The second-order valence-corrected chi connectivity index (χ2v) is 7.80. The molecule has 0 atom stereocenters. The Morgan fingerprint density at radius 1 is 1.07 bits per heavy atom. The fourth-order valence-electron chi connectivity index (χ4n) is 3.43. The molecular weight excluding hydrogens is 390 g/mol. The first-order valence-corrected chi connectivity index (χ1v) is 10.1. The summed E-state index contributed by atoms with van der Waals surface area (Å²) in [4.78, 5) is 25.9. The van der Waals surface area contributed by atoms with Crippen molar-refractivity contribution in [2.45, 2.75) is 32.7 Å². The summed E-state index contributed by atoms with van der Waals surface area (Å²) in [5, 5.41) is 2.84. The fraction of sp³-hybridized carbons (Fsp3) is 0.391. The zero-order valence-electron chi connectivity index (χ0n) is 17.2. The molecule has 2 aromatic carbocycles. The predicted molar refractivity (Wildman–Crippen MR) is 110 cm³/mol. The van der Waals surface area contributed by atoms with Gasteiger partial charge in [0, 0.05) is 24.7 Å². The molecule has 0 radical (unpaired) electrons. The molecule has 30 heavy (non-hydrogen) atoms. The number of hydrogen-bond donors (Lipinski definition) is 1. The van der Waals surface area contributed by atoms with E-state index < -0.39 is 23.1 Å². The van der Waals surface area contributed by atoms with Gasteiger partial charge in [-0.05, 0) is 69.0 Å². The van der Waals surface area contributed by atoms with Gasteiger partial charge in [0.15, 0.2) is 0 Å².